The fourth-order valence-electron chi connectivity index (χ4n) is 3.73. The zero-order valence-electron chi connectivity index (χ0n) is 16.7. The molecule has 1 amide bonds. The number of amides is 1. The van der Waals surface area contributed by atoms with Gasteiger partial charge in [0.05, 0.1) is 28.2 Å². The van der Waals surface area contributed by atoms with E-state index in [2.05, 4.69) is 15.0 Å². The van der Waals surface area contributed by atoms with E-state index in [4.69, 9.17) is 0 Å². The number of nitrogens with one attached hydrogen (secondary N) is 1. The molecule has 0 aliphatic carbocycles. The van der Waals surface area contributed by atoms with Crippen molar-refractivity contribution in [3.8, 4) is 0 Å². The molecule has 154 valence electrons. The third-order valence-electron chi connectivity index (χ3n) is 5.06. The third kappa shape index (κ3) is 3.63. The number of thiazole rings is 1. The van der Waals surface area contributed by atoms with Crippen molar-refractivity contribution in [1.82, 2.24) is 19.9 Å². The molecule has 0 bridgehead atoms. The molecule has 1 aliphatic heterocycles. The first-order valence-corrected chi connectivity index (χ1v) is 10.4. The molecule has 8 nitrogen and oxygen atoms in total. The molecule has 3 aromatic heterocycles. The van der Waals surface area contributed by atoms with Gasteiger partial charge in [-0.2, -0.15) is 0 Å². The number of H-pyrrole nitrogens is 1. The number of aromatic nitrogens is 4. The number of pyridine rings is 1. The first kappa shape index (κ1) is 20.0. The molecule has 1 N–H and O–H groups in total. The first-order valence-electron chi connectivity index (χ1n) is 9.60. The summed E-state index contributed by atoms with van der Waals surface area (Å²) < 4.78 is 1.96. The number of aryl methyl sites for hydroxylation is 3. The van der Waals surface area contributed by atoms with Crippen LogP contribution < -0.4 is 9.67 Å². The molecule has 1 aliphatic rings. The summed E-state index contributed by atoms with van der Waals surface area (Å²) in [5, 5.41) is 13.7. The van der Waals surface area contributed by atoms with Crippen LogP contribution in [0.3, 0.4) is 0 Å². The molecule has 0 saturated carbocycles. The Hall–Kier alpha value is -3.33. The summed E-state index contributed by atoms with van der Waals surface area (Å²) in [6.07, 6.45) is 9.39. The highest BCUT2D eigenvalue weighted by Crippen LogP contribution is 2.39. The Labute approximate surface area is 177 Å². The zero-order valence-corrected chi connectivity index (χ0v) is 17.5. The summed E-state index contributed by atoms with van der Waals surface area (Å²) in [6.45, 7) is 4.57. The normalized spacial score (nSPS) is 16.5. The minimum Gasteiger partial charge on any atom is -0.868 e. The minimum absolute atomic E-state index is 0.0194. The number of Topliss-reactive ketones (excluding diaryl/α,β-unsaturated/α-hetero) is 1. The van der Waals surface area contributed by atoms with E-state index in [1.807, 2.05) is 30.2 Å². The van der Waals surface area contributed by atoms with Crippen molar-refractivity contribution in [3.05, 3.63) is 75.7 Å². The average molecular weight is 423 g/mol. The van der Waals surface area contributed by atoms with Gasteiger partial charge in [-0.25, -0.2) is 9.55 Å². The van der Waals surface area contributed by atoms with Crippen LogP contribution in [-0.2, 0) is 11.3 Å². The van der Waals surface area contributed by atoms with Gasteiger partial charge in [-0.05, 0) is 31.2 Å². The molecule has 0 fully saturated rings. The van der Waals surface area contributed by atoms with Crippen molar-refractivity contribution in [2.45, 2.75) is 32.9 Å². The van der Waals surface area contributed by atoms with Crippen molar-refractivity contribution in [2.24, 2.45) is 0 Å². The standard InChI is InChI=1S/C21H21N5O3S/c1-13-20(30-14(2)24-13)18(27)16-17(15-5-3-6-22-11-15)26(21(29)19(16)28)9-4-8-25-10-7-23-12-25/h3,5-7,10-12,17H,4,8-9H2,1-2H3,(H,27,28). The molecular formula is C21H21N5O3S. The number of hydrogen-bond donors (Lipinski definition) is 1. The smallest absolute Gasteiger partial charge is 0.241 e. The Morgan fingerprint density at radius 1 is 1.40 bits per heavy atom. The van der Waals surface area contributed by atoms with Crippen LogP contribution in [0.25, 0.3) is 0 Å². The number of rotatable bonds is 7. The molecular weight excluding hydrogens is 402 g/mol. The summed E-state index contributed by atoms with van der Waals surface area (Å²) in [5.41, 5.74) is 1.20. The summed E-state index contributed by atoms with van der Waals surface area (Å²) in [5.74, 6) is -1.81. The van der Waals surface area contributed by atoms with Crippen LogP contribution in [0.5, 0.6) is 0 Å². The van der Waals surface area contributed by atoms with Crippen LogP contribution in [0.15, 0.2) is 54.6 Å². The summed E-state index contributed by atoms with van der Waals surface area (Å²) >= 11 is 1.24. The van der Waals surface area contributed by atoms with Gasteiger partial charge < -0.3 is 10.0 Å². The van der Waals surface area contributed by atoms with E-state index in [0.717, 1.165) is 5.01 Å². The highest BCUT2D eigenvalue weighted by Gasteiger charge is 2.40. The van der Waals surface area contributed by atoms with E-state index in [1.165, 1.54) is 16.2 Å². The lowest BCUT2D eigenvalue weighted by Gasteiger charge is -2.27. The van der Waals surface area contributed by atoms with Crippen LogP contribution in [0.1, 0.15) is 38.4 Å². The predicted molar refractivity (Wildman–Crippen MR) is 107 cm³/mol. The molecule has 0 radical (unpaired) electrons. The number of nitrogens with zero attached hydrogens (tertiary/aromatic N) is 4. The Morgan fingerprint density at radius 2 is 2.23 bits per heavy atom. The van der Waals surface area contributed by atoms with Crippen molar-refractivity contribution in [1.29, 1.82) is 0 Å². The zero-order chi connectivity index (χ0) is 21.3. The number of ketones is 1. The van der Waals surface area contributed by atoms with Crippen molar-refractivity contribution in [3.63, 3.8) is 0 Å². The van der Waals surface area contributed by atoms with E-state index in [0.29, 0.717) is 35.6 Å². The monoisotopic (exact) mass is 423 g/mol. The van der Waals surface area contributed by atoms with Crippen LogP contribution in [0.2, 0.25) is 0 Å². The second-order valence-electron chi connectivity index (χ2n) is 7.11. The van der Waals surface area contributed by atoms with E-state index in [1.54, 1.807) is 31.5 Å². The summed E-state index contributed by atoms with van der Waals surface area (Å²) in [6, 6.07) is 2.78. The van der Waals surface area contributed by atoms with Crippen LogP contribution in [0, 0.1) is 13.8 Å². The number of hydrogen-bond acceptors (Lipinski definition) is 6. The minimum atomic E-state index is -0.746. The van der Waals surface area contributed by atoms with Gasteiger partial charge in [0.2, 0.25) is 18.0 Å². The van der Waals surface area contributed by atoms with Crippen LogP contribution in [0.4, 0.5) is 0 Å². The number of aromatic amines is 1. The van der Waals surface area contributed by atoms with Crippen LogP contribution >= 0.6 is 11.3 Å². The molecule has 0 saturated heterocycles. The molecule has 4 rings (SSSR count). The highest BCUT2D eigenvalue weighted by molar-refractivity contribution is 7.14. The molecule has 0 aromatic carbocycles. The number of carbonyl (C=O) groups is 2. The molecule has 1 unspecified atom stereocenters. The second-order valence-corrected chi connectivity index (χ2v) is 8.31. The molecule has 3 aromatic rings. The van der Waals surface area contributed by atoms with Gasteiger partial charge in [0, 0.05) is 30.9 Å². The van der Waals surface area contributed by atoms with Crippen molar-refractivity contribution >= 4 is 23.0 Å². The Kier molecular flexibility index (Phi) is 5.45. The quantitative estimate of drug-likeness (QED) is 0.455. The Balaban J connectivity index is 1.67. The van der Waals surface area contributed by atoms with Crippen LogP contribution in [-0.4, -0.2) is 38.1 Å². The van der Waals surface area contributed by atoms with Gasteiger partial charge >= 0.3 is 0 Å². The molecule has 0 spiro atoms. The average Bonchev–Trinajstić information content (AvgIpc) is 3.43. The van der Waals surface area contributed by atoms with Gasteiger partial charge in [-0.1, -0.05) is 6.07 Å². The SMILES string of the molecule is Cc1nc(C)c(C(=O)C2=C([O-])C(=O)N(CCC[n+]3cc[nH]c3)C2c2cccnc2)s1. The Bertz CT molecular complexity index is 1110. The molecule has 30 heavy (non-hydrogen) atoms. The van der Waals surface area contributed by atoms with Gasteiger partial charge in [0.1, 0.15) is 12.4 Å². The van der Waals surface area contributed by atoms with Gasteiger partial charge in [0.15, 0.2) is 0 Å². The Morgan fingerprint density at radius 3 is 2.87 bits per heavy atom. The van der Waals surface area contributed by atoms with Gasteiger partial charge in [-0.15, -0.1) is 11.3 Å². The maximum absolute atomic E-state index is 13.3. The fourth-order valence-corrected chi connectivity index (χ4v) is 4.61. The second kappa shape index (κ2) is 8.19. The maximum Gasteiger partial charge on any atom is 0.241 e. The predicted octanol–water partition coefficient (Wildman–Crippen LogP) is 1.24. The molecule has 4 heterocycles. The number of imidazole rings is 1. The topological polar surface area (TPSA) is 106 Å². The third-order valence-corrected chi connectivity index (χ3v) is 6.13. The lowest BCUT2D eigenvalue weighted by molar-refractivity contribution is -0.695. The lowest BCUT2D eigenvalue weighted by atomic mass is 9.96. The largest absolute Gasteiger partial charge is 0.868 e. The summed E-state index contributed by atoms with van der Waals surface area (Å²) in [4.78, 5) is 39.5. The number of carbonyl (C=O) groups excluding carboxylic acids is 2. The van der Waals surface area contributed by atoms with Crippen molar-refractivity contribution < 1.29 is 19.3 Å². The van der Waals surface area contributed by atoms with E-state index in [-0.39, 0.29) is 5.57 Å². The van der Waals surface area contributed by atoms with Crippen molar-refractivity contribution in [2.75, 3.05) is 6.54 Å². The maximum atomic E-state index is 13.3. The van der Waals surface area contributed by atoms with E-state index in [9.17, 15) is 14.7 Å². The summed E-state index contributed by atoms with van der Waals surface area (Å²) in [7, 11) is 0. The van der Waals surface area contributed by atoms with E-state index < -0.39 is 23.5 Å². The lowest BCUT2D eigenvalue weighted by Crippen LogP contribution is -2.37. The molecule has 1 atom stereocenters. The van der Waals surface area contributed by atoms with Gasteiger partial charge in [0.25, 0.3) is 0 Å². The highest BCUT2D eigenvalue weighted by atomic mass is 32.1. The van der Waals surface area contributed by atoms with Gasteiger partial charge in [-0.3, -0.25) is 19.6 Å². The fraction of sp³-hybridized carbons (Fsp3) is 0.286. The first-order chi connectivity index (χ1) is 14.5. The van der Waals surface area contributed by atoms with E-state index >= 15 is 0 Å². The molecule has 9 heteroatoms.